The maximum atomic E-state index is 12.9. The van der Waals surface area contributed by atoms with Gasteiger partial charge >= 0.3 is 0 Å². The summed E-state index contributed by atoms with van der Waals surface area (Å²) in [6.45, 7) is 10.5. The molecule has 1 aromatic carbocycles. The number of rotatable bonds is 2. The van der Waals surface area contributed by atoms with Crippen molar-refractivity contribution in [1.82, 2.24) is 0 Å². The van der Waals surface area contributed by atoms with Crippen LogP contribution in [0.5, 0.6) is 0 Å². The van der Waals surface area contributed by atoms with E-state index in [1.807, 2.05) is 4.90 Å². The standard InChI is InChI=1S/C18H21NOS3/c1-6-7-14(20)19-13-9-11(3)10(2)8-12(13)15-16(18(19,4)5)22-23-17(15)21/h8-9H,6-7H2,1-5H3. The molecule has 0 radical (unpaired) electrons. The zero-order valence-electron chi connectivity index (χ0n) is 14.1. The Morgan fingerprint density at radius 1 is 1.22 bits per heavy atom. The van der Waals surface area contributed by atoms with Crippen molar-refractivity contribution in [3.63, 3.8) is 0 Å². The third-order valence-electron chi connectivity index (χ3n) is 4.58. The Balaban J connectivity index is 2.35. The summed E-state index contributed by atoms with van der Waals surface area (Å²) >= 11 is 5.61. The Hall–Kier alpha value is -1.04. The van der Waals surface area contributed by atoms with Gasteiger partial charge in [-0.3, -0.25) is 4.79 Å². The summed E-state index contributed by atoms with van der Waals surface area (Å²) in [7, 11) is 3.36. The van der Waals surface area contributed by atoms with Crippen molar-refractivity contribution in [2.45, 2.75) is 53.0 Å². The highest BCUT2D eigenvalue weighted by Crippen LogP contribution is 2.52. The van der Waals surface area contributed by atoms with Gasteiger partial charge in [0, 0.05) is 17.5 Å². The van der Waals surface area contributed by atoms with Gasteiger partial charge in [0.25, 0.3) is 0 Å². The van der Waals surface area contributed by atoms with E-state index in [4.69, 9.17) is 12.2 Å². The lowest BCUT2D eigenvalue weighted by molar-refractivity contribution is -0.119. The molecule has 1 aliphatic heterocycles. The fourth-order valence-electron chi connectivity index (χ4n) is 3.26. The summed E-state index contributed by atoms with van der Waals surface area (Å²) in [5.41, 5.74) is 5.40. The monoisotopic (exact) mass is 363 g/mol. The van der Waals surface area contributed by atoms with Crippen LogP contribution in [0.1, 0.15) is 49.6 Å². The van der Waals surface area contributed by atoms with Crippen molar-refractivity contribution in [2.75, 3.05) is 4.90 Å². The van der Waals surface area contributed by atoms with Crippen LogP contribution in [0.15, 0.2) is 12.1 Å². The van der Waals surface area contributed by atoms with Crippen molar-refractivity contribution >= 4 is 44.5 Å². The fraction of sp³-hybridized carbons (Fsp3) is 0.444. The van der Waals surface area contributed by atoms with E-state index >= 15 is 0 Å². The quantitative estimate of drug-likeness (QED) is 0.467. The highest BCUT2D eigenvalue weighted by Gasteiger charge is 2.42. The number of carbonyl (C=O) groups excluding carboxylic acids is 1. The first-order valence-corrected chi connectivity index (χ1v) is 10.4. The van der Waals surface area contributed by atoms with Crippen molar-refractivity contribution in [3.8, 4) is 11.1 Å². The first-order valence-electron chi connectivity index (χ1n) is 7.87. The van der Waals surface area contributed by atoms with Crippen LogP contribution in [0, 0.1) is 17.7 Å². The molecule has 3 rings (SSSR count). The molecule has 0 spiro atoms. The third kappa shape index (κ3) is 2.49. The molecule has 2 aromatic rings. The highest BCUT2D eigenvalue weighted by atomic mass is 32.9. The summed E-state index contributed by atoms with van der Waals surface area (Å²) in [6, 6.07) is 4.35. The van der Waals surface area contributed by atoms with E-state index in [0.29, 0.717) is 6.42 Å². The van der Waals surface area contributed by atoms with E-state index < -0.39 is 0 Å². The molecule has 2 nitrogen and oxygen atoms in total. The van der Waals surface area contributed by atoms with Gasteiger partial charge in [0.2, 0.25) is 5.91 Å². The molecule has 0 bridgehead atoms. The Morgan fingerprint density at radius 2 is 1.87 bits per heavy atom. The van der Waals surface area contributed by atoms with Crippen molar-refractivity contribution in [2.24, 2.45) is 0 Å². The number of hydrogen-bond acceptors (Lipinski definition) is 4. The number of nitrogens with zero attached hydrogens (tertiary/aromatic N) is 1. The number of benzene rings is 1. The van der Waals surface area contributed by atoms with E-state index in [2.05, 4.69) is 46.8 Å². The lowest BCUT2D eigenvalue weighted by Crippen LogP contribution is -2.47. The maximum Gasteiger partial charge on any atom is 0.227 e. The number of anilines is 1. The van der Waals surface area contributed by atoms with Crippen molar-refractivity contribution in [1.29, 1.82) is 0 Å². The van der Waals surface area contributed by atoms with Gasteiger partial charge in [-0.1, -0.05) is 39.8 Å². The predicted molar refractivity (Wildman–Crippen MR) is 103 cm³/mol. The van der Waals surface area contributed by atoms with Gasteiger partial charge in [-0.2, -0.15) is 0 Å². The number of hydrogen-bond donors (Lipinski definition) is 0. The van der Waals surface area contributed by atoms with Gasteiger partial charge in [-0.05, 0) is 57.4 Å². The lowest BCUT2D eigenvalue weighted by atomic mass is 9.85. The molecule has 0 unspecified atom stereocenters. The zero-order valence-corrected chi connectivity index (χ0v) is 16.6. The smallest absolute Gasteiger partial charge is 0.227 e. The Bertz CT molecular complexity index is 844. The minimum atomic E-state index is -0.353. The van der Waals surface area contributed by atoms with E-state index in [9.17, 15) is 4.79 Å². The molecule has 122 valence electrons. The van der Waals surface area contributed by atoms with Crippen LogP contribution in [-0.2, 0) is 10.3 Å². The molecule has 1 aliphatic rings. The number of fused-ring (bicyclic) bond motifs is 3. The molecule has 1 amide bonds. The first-order chi connectivity index (χ1) is 10.8. The molecule has 0 saturated heterocycles. The molecular formula is C18H21NOS3. The van der Waals surface area contributed by atoms with Crippen molar-refractivity contribution < 1.29 is 4.79 Å². The third-order valence-corrected chi connectivity index (χ3v) is 7.91. The molecule has 23 heavy (non-hydrogen) atoms. The van der Waals surface area contributed by atoms with Crippen LogP contribution >= 0.6 is 32.9 Å². The van der Waals surface area contributed by atoms with Gasteiger partial charge in [-0.15, -0.1) is 0 Å². The topological polar surface area (TPSA) is 20.3 Å². The molecule has 0 fully saturated rings. The Kier molecular flexibility index (Phi) is 4.23. The first kappa shape index (κ1) is 16.8. The molecule has 5 heteroatoms. The van der Waals surface area contributed by atoms with Gasteiger partial charge in [0.15, 0.2) is 0 Å². The SMILES string of the molecule is CCCC(=O)N1c2cc(C)c(C)cc2-c2c(ssc2=S)C1(C)C. The van der Waals surface area contributed by atoms with Gasteiger partial charge in [0.1, 0.15) is 3.82 Å². The van der Waals surface area contributed by atoms with Gasteiger partial charge in [-0.25, -0.2) is 0 Å². The molecule has 0 atom stereocenters. The second kappa shape index (κ2) is 5.80. The predicted octanol–water partition coefficient (Wildman–Crippen LogP) is 6.20. The maximum absolute atomic E-state index is 12.9. The van der Waals surface area contributed by atoms with Crippen LogP contribution in [0.2, 0.25) is 0 Å². The molecular weight excluding hydrogens is 342 g/mol. The van der Waals surface area contributed by atoms with E-state index in [1.54, 1.807) is 20.7 Å². The normalized spacial score (nSPS) is 15.3. The number of carbonyl (C=O) groups is 1. The van der Waals surface area contributed by atoms with Crippen LogP contribution in [0.25, 0.3) is 11.1 Å². The molecule has 0 N–H and O–H groups in total. The summed E-state index contributed by atoms with van der Waals surface area (Å²) in [5.74, 6) is 0.192. The minimum absolute atomic E-state index is 0.192. The summed E-state index contributed by atoms with van der Waals surface area (Å²) < 4.78 is 0.935. The van der Waals surface area contributed by atoms with E-state index in [0.717, 1.165) is 21.5 Å². The average molecular weight is 364 g/mol. The van der Waals surface area contributed by atoms with Crippen LogP contribution in [-0.4, -0.2) is 5.91 Å². The van der Waals surface area contributed by atoms with Crippen LogP contribution < -0.4 is 4.90 Å². The van der Waals surface area contributed by atoms with Gasteiger partial charge < -0.3 is 4.90 Å². The molecule has 1 aromatic heterocycles. The van der Waals surface area contributed by atoms with E-state index in [1.165, 1.54) is 21.6 Å². The summed E-state index contributed by atoms with van der Waals surface area (Å²) in [5, 5.41) is 0. The lowest BCUT2D eigenvalue weighted by Gasteiger charge is -2.43. The van der Waals surface area contributed by atoms with E-state index in [-0.39, 0.29) is 11.4 Å². The minimum Gasteiger partial charge on any atom is -0.301 e. The number of amides is 1. The van der Waals surface area contributed by atoms with Crippen molar-refractivity contribution in [3.05, 3.63) is 32.0 Å². The largest absolute Gasteiger partial charge is 0.301 e. The Morgan fingerprint density at radius 3 is 2.52 bits per heavy atom. The second-order valence-corrected chi connectivity index (χ2v) is 9.47. The molecule has 2 heterocycles. The highest BCUT2D eigenvalue weighted by molar-refractivity contribution is 7.80. The van der Waals surface area contributed by atoms with Crippen LogP contribution in [0.4, 0.5) is 5.69 Å². The zero-order chi connectivity index (χ0) is 16.9. The average Bonchev–Trinajstić information content (AvgIpc) is 2.85. The number of aryl methyl sites for hydroxylation is 2. The summed E-state index contributed by atoms with van der Waals surface area (Å²) in [6.07, 6.45) is 1.43. The molecule has 0 aliphatic carbocycles. The second-order valence-electron chi connectivity index (χ2n) is 6.65. The molecule has 0 saturated carbocycles. The Labute approximate surface area is 150 Å². The van der Waals surface area contributed by atoms with Gasteiger partial charge in [0.05, 0.1) is 16.1 Å². The van der Waals surface area contributed by atoms with Crippen LogP contribution in [0.3, 0.4) is 0 Å². The fourth-order valence-corrected chi connectivity index (χ4v) is 6.54. The summed E-state index contributed by atoms with van der Waals surface area (Å²) in [4.78, 5) is 16.1.